The lowest BCUT2D eigenvalue weighted by Gasteiger charge is -2.10. The number of hydrogen-bond acceptors (Lipinski definition) is 2. The highest BCUT2D eigenvalue weighted by Gasteiger charge is 2.18. The number of carbonyl (C=O) groups excluding carboxylic acids is 1. The molecular weight excluding hydrogens is 192 g/mol. The molecule has 0 heterocycles. The lowest BCUT2D eigenvalue weighted by molar-refractivity contribution is -0.140. The Balaban J connectivity index is 2.67. The van der Waals surface area contributed by atoms with Crippen LogP contribution in [-0.2, 0) is 16.0 Å². The maximum atomic E-state index is 11.2. The molecule has 1 N–H and O–H groups in total. The molecule has 3 nitrogen and oxygen atoms in total. The van der Waals surface area contributed by atoms with Gasteiger partial charge in [0.25, 0.3) is 0 Å². The van der Waals surface area contributed by atoms with Crippen LogP contribution in [0.25, 0.3) is 0 Å². The highest BCUT2D eigenvalue weighted by molar-refractivity contribution is 5.83. The standard InChI is InChI=1S/C12H14O3/c1-9(13)11(8-12(14)15)7-10-5-3-2-4-6-10/h2-6,11H,7-8H2,1H3,(H,14,15)/t11-/m1/s1. The van der Waals surface area contributed by atoms with Crippen LogP contribution in [0, 0.1) is 5.92 Å². The number of benzene rings is 1. The minimum Gasteiger partial charge on any atom is -0.481 e. The lowest BCUT2D eigenvalue weighted by Crippen LogP contribution is -2.18. The van der Waals surface area contributed by atoms with E-state index in [-0.39, 0.29) is 12.2 Å². The molecule has 0 aliphatic heterocycles. The fourth-order valence-corrected chi connectivity index (χ4v) is 1.47. The summed E-state index contributed by atoms with van der Waals surface area (Å²) in [6.45, 7) is 1.44. The smallest absolute Gasteiger partial charge is 0.304 e. The van der Waals surface area contributed by atoms with Crippen LogP contribution in [0.4, 0.5) is 0 Å². The summed E-state index contributed by atoms with van der Waals surface area (Å²) in [4.78, 5) is 21.8. The third kappa shape index (κ3) is 3.94. The predicted molar refractivity (Wildman–Crippen MR) is 56.6 cm³/mol. The van der Waals surface area contributed by atoms with E-state index in [1.165, 1.54) is 6.92 Å². The van der Waals surface area contributed by atoms with Gasteiger partial charge in [-0.15, -0.1) is 0 Å². The summed E-state index contributed by atoms with van der Waals surface area (Å²) in [6, 6.07) is 9.46. The van der Waals surface area contributed by atoms with Gasteiger partial charge < -0.3 is 5.11 Å². The van der Waals surface area contributed by atoms with Crippen LogP contribution in [-0.4, -0.2) is 16.9 Å². The van der Waals surface area contributed by atoms with Gasteiger partial charge in [0.15, 0.2) is 0 Å². The van der Waals surface area contributed by atoms with E-state index in [0.717, 1.165) is 5.56 Å². The molecule has 0 saturated heterocycles. The number of aliphatic carboxylic acids is 1. The van der Waals surface area contributed by atoms with Crippen molar-refractivity contribution in [3.8, 4) is 0 Å². The van der Waals surface area contributed by atoms with Crippen LogP contribution in [0.1, 0.15) is 18.9 Å². The minimum absolute atomic E-state index is 0.0683. The van der Waals surface area contributed by atoms with E-state index in [1.807, 2.05) is 30.3 Å². The Labute approximate surface area is 88.7 Å². The number of carboxylic acid groups (broad SMARTS) is 1. The van der Waals surface area contributed by atoms with Gasteiger partial charge in [-0.3, -0.25) is 9.59 Å². The molecule has 1 atom stereocenters. The highest BCUT2D eigenvalue weighted by Crippen LogP contribution is 2.13. The van der Waals surface area contributed by atoms with Crippen molar-refractivity contribution >= 4 is 11.8 Å². The predicted octanol–water partition coefficient (Wildman–Crippen LogP) is 1.91. The number of rotatable bonds is 5. The van der Waals surface area contributed by atoms with Crippen LogP contribution in [0.5, 0.6) is 0 Å². The van der Waals surface area contributed by atoms with Gasteiger partial charge in [0.2, 0.25) is 0 Å². The molecule has 1 aromatic carbocycles. The number of ketones is 1. The Morgan fingerprint density at radius 2 is 1.87 bits per heavy atom. The van der Waals surface area contributed by atoms with Crippen LogP contribution in [0.2, 0.25) is 0 Å². The third-order valence-electron chi connectivity index (χ3n) is 2.32. The van der Waals surface area contributed by atoms with Gasteiger partial charge in [-0.05, 0) is 18.9 Å². The minimum atomic E-state index is -0.925. The molecule has 0 aliphatic carbocycles. The largest absolute Gasteiger partial charge is 0.481 e. The average molecular weight is 206 g/mol. The van der Waals surface area contributed by atoms with Crippen LogP contribution in [0.3, 0.4) is 0 Å². The summed E-state index contributed by atoms with van der Waals surface area (Å²) >= 11 is 0. The van der Waals surface area contributed by atoms with Crippen molar-refractivity contribution in [1.82, 2.24) is 0 Å². The summed E-state index contributed by atoms with van der Waals surface area (Å²) in [5, 5.41) is 8.66. The second-order valence-electron chi connectivity index (χ2n) is 3.60. The first kappa shape index (κ1) is 11.4. The Kier molecular flexibility index (Phi) is 4.03. The normalized spacial score (nSPS) is 12.1. The maximum Gasteiger partial charge on any atom is 0.304 e. The molecule has 3 heteroatoms. The molecule has 0 bridgehead atoms. The molecule has 15 heavy (non-hydrogen) atoms. The fourth-order valence-electron chi connectivity index (χ4n) is 1.47. The van der Waals surface area contributed by atoms with Gasteiger partial charge in [-0.2, -0.15) is 0 Å². The number of carboxylic acids is 1. The molecule has 80 valence electrons. The number of Topliss-reactive ketones (excluding diaryl/α,β-unsaturated/α-hetero) is 1. The summed E-state index contributed by atoms with van der Waals surface area (Å²) in [5.41, 5.74) is 0.999. The van der Waals surface area contributed by atoms with Gasteiger partial charge in [0.1, 0.15) is 5.78 Å². The summed E-state index contributed by atoms with van der Waals surface area (Å²) in [5.74, 6) is -1.41. The second-order valence-corrected chi connectivity index (χ2v) is 3.60. The van der Waals surface area contributed by atoms with E-state index in [2.05, 4.69) is 0 Å². The molecule has 1 rings (SSSR count). The summed E-state index contributed by atoms with van der Waals surface area (Å²) in [7, 11) is 0. The molecule has 0 radical (unpaired) electrons. The highest BCUT2D eigenvalue weighted by atomic mass is 16.4. The van der Waals surface area contributed by atoms with Crippen LogP contribution >= 0.6 is 0 Å². The topological polar surface area (TPSA) is 54.4 Å². The molecule has 1 aromatic rings. The summed E-state index contributed by atoms with van der Waals surface area (Å²) in [6.07, 6.45) is 0.409. The number of hydrogen-bond donors (Lipinski definition) is 1. The van der Waals surface area contributed by atoms with Crippen molar-refractivity contribution in [2.24, 2.45) is 5.92 Å². The molecule has 0 amide bonds. The second kappa shape index (κ2) is 5.29. The first-order valence-electron chi connectivity index (χ1n) is 4.85. The average Bonchev–Trinajstić information content (AvgIpc) is 2.17. The molecular formula is C12H14O3. The van der Waals surface area contributed by atoms with Gasteiger partial charge in [-0.1, -0.05) is 30.3 Å². The van der Waals surface area contributed by atoms with E-state index in [0.29, 0.717) is 6.42 Å². The SMILES string of the molecule is CC(=O)[C@@H](CC(=O)O)Cc1ccccc1. The van der Waals surface area contributed by atoms with Crippen molar-refractivity contribution in [2.45, 2.75) is 19.8 Å². The zero-order valence-electron chi connectivity index (χ0n) is 8.64. The molecule has 0 aliphatic rings. The Bertz CT molecular complexity index is 343. The first-order chi connectivity index (χ1) is 7.09. The summed E-state index contributed by atoms with van der Waals surface area (Å²) < 4.78 is 0. The first-order valence-corrected chi connectivity index (χ1v) is 4.85. The third-order valence-corrected chi connectivity index (χ3v) is 2.32. The van der Waals surface area contributed by atoms with Crippen molar-refractivity contribution in [1.29, 1.82) is 0 Å². The molecule has 0 spiro atoms. The molecule has 0 aromatic heterocycles. The van der Waals surface area contributed by atoms with E-state index in [1.54, 1.807) is 0 Å². The molecule has 0 saturated carbocycles. The van der Waals surface area contributed by atoms with Gasteiger partial charge in [0, 0.05) is 5.92 Å². The van der Waals surface area contributed by atoms with Gasteiger partial charge in [-0.25, -0.2) is 0 Å². The van der Waals surface area contributed by atoms with E-state index in [4.69, 9.17) is 5.11 Å². The monoisotopic (exact) mass is 206 g/mol. The molecule has 0 unspecified atom stereocenters. The zero-order chi connectivity index (χ0) is 11.3. The van der Waals surface area contributed by atoms with Gasteiger partial charge in [0.05, 0.1) is 6.42 Å². The van der Waals surface area contributed by atoms with E-state index < -0.39 is 11.9 Å². The van der Waals surface area contributed by atoms with Crippen molar-refractivity contribution < 1.29 is 14.7 Å². The van der Waals surface area contributed by atoms with Crippen molar-refractivity contribution in [2.75, 3.05) is 0 Å². The number of carbonyl (C=O) groups is 2. The van der Waals surface area contributed by atoms with E-state index in [9.17, 15) is 9.59 Å². The van der Waals surface area contributed by atoms with Crippen molar-refractivity contribution in [3.63, 3.8) is 0 Å². The zero-order valence-corrected chi connectivity index (χ0v) is 8.64. The van der Waals surface area contributed by atoms with Gasteiger partial charge >= 0.3 is 5.97 Å². The Hall–Kier alpha value is -1.64. The van der Waals surface area contributed by atoms with E-state index >= 15 is 0 Å². The quantitative estimate of drug-likeness (QED) is 0.800. The fraction of sp³-hybridized carbons (Fsp3) is 0.333. The Morgan fingerprint density at radius 1 is 1.27 bits per heavy atom. The van der Waals surface area contributed by atoms with Crippen molar-refractivity contribution in [3.05, 3.63) is 35.9 Å². The van der Waals surface area contributed by atoms with Crippen LogP contribution in [0.15, 0.2) is 30.3 Å². The lowest BCUT2D eigenvalue weighted by atomic mass is 9.93. The molecule has 0 fully saturated rings. The Morgan fingerprint density at radius 3 is 2.33 bits per heavy atom. The maximum absolute atomic E-state index is 11.2. The van der Waals surface area contributed by atoms with Crippen LogP contribution < -0.4 is 0 Å².